The number of rotatable bonds is 6. The fourth-order valence-corrected chi connectivity index (χ4v) is 3.90. The van der Waals surface area contributed by atoms with Gasteiger partial charge in [0.2, 0.25) is 0 Å². The van der Waals surface area contributed by atoms with Gasteiger partial charge in [-0.05, 0) is 23.1 Å². The van der Waals surface area contributed by atoms with Crippen LogP contribution in [0.4, 0.5) is 0 Å². The first-order valence-corrected chi connectivity index (χ1v) is 9.72. The van der Waals surface area contributed by atoms with Gasteiger partial charge in [0.05, 0.1) is 11.4 Å². The molecule has 0 saturated carbocycles. The van der Waals surface area contributed by atoms with E-state index in [-0.39, 0.29) is 51.4 Å². The topological polar surface area (TPSA) is 41.3 Å². The van der Waals surface area contributed by atoms with Crippen molar-refractivity contribution < 1.29 is 51.4 Å². The largest absolute Gasteiger partial charge is 1.00 e. The molecule has 0 fully saturated rings. The molecule has 0 amide bonds. The van der Waals surface area contributed by atoms with Crippen LogP contribution in [0.5, 0.6) is 0 Å². The summed E-state index contributed by atoms with van der Waals surface area (Å²) in [5, 5.41) is 3.42. The normalized spacial score (nSPS) is 15.1. The first-order valence-electron chi connectivity index (χ1n) is 9.72. The third-order valence-electron chi connectivity index (χ3n) is 5.69. The Balaban J connectivity index is 0.00000256. The Labute approximate surface area is 222 Å². The second-order valence-electron chi connectivity index (χ2n) is 7.53. The summed E-state index contributed by atoms with van der Waals surface area (Å²) in [5.74, 6) is 0. The molecule has 1 aliphatic carbocycles. The second-order valence-corrected chi connectivity index (χ2v) is 7.53. The second kappa shape index (κ2) is 9.54. The minimum atomic E-state index is 0. The van der Waals surface area contributed by atoms with Crippen molar-refractivity contribution in [2.45, 2.75) is 19.5 Å². The van der Waals surface area contributed by atoms with Crippen LogP contribution in [-0.4, -0.2) is 11.4 Å². The summed E-state index contributed by atoms with van der Waals surface area (Å²) in [6, 6.07) is 15.6. The zero-order valence-corrected chi connectivity index (χ0v) is 20.7. The van der Waals surface area contributed by atoms with E-state index in [1.54, 1.807) is 6.08 Å². The van der Waals surface area contributed by atoms with Crippen molar-refractivity contribution in [1.82, 2.24) is 10.2 Å². The van der Waals surface area contributed by atoms with Gasteiger partial charge in [0.15, 0.2) is 0 Å². The minimum absolute atomic E-state index is 0. The van der Waals surface area contributed by atoms with Crippen molar-refractivity contribution >= 4 is 11.8 Å². The molecule has 2 aromatic carbocycles. The summed E-state index contributed by atoms with van der Waals surface area (Å²) >= 11 is 0. The maximum absolute atomic E-state index is 6.14. The fraction of sp³-hybridized carbons (Fsp3) is 0.154. The number of nitrogens with one attached hydrogen (secondary N) is 1. The van der Waals surface area contributed by atoms with Crippen LogP contribution < -0.4 is 62.4 Å². The molecule has 4 heteroatoms. The number of benzene rings is 2. The van der Waals surface area contributed by atoms with E-state index in [0.29, 0.717) is 6.54 Å². The van der Waals surface area contributed by atoms with E-state index in [2.05, 4.69) is 54.2 Å². The minimum Gasteiger partial charge on any atom is -0.397 e. The van der Waals surface area contributed by atoms with Gasteiger partial charge in [-0.1, -0.05) is 37.9 Å². The number of nitrogens with two attached hydrogens (primary N) is 1. The van der Waals surface area contributed by atoms with Gasteiger partial charge in [0, 0.05) is 36.5 Å². The summed E-state index contributed by atoms with van der Waals surface area (Å²) in [6.07, 6.45) is 2.55. The smallest absolute Gasteiger partial charge is 0.397 e. The Kier molecular flexibility index (Phi) is 7.27. The maximum atomic E-state index is 6.14. The van der Waals surface area contributed by atoms with Crippen LogP contribution in [0.3, 0.4) is 0 Å². The van der Waals surface area contributed by atoms with Gasteiger partial charge in [-0.3, -0.25) is 0 Å². The first kappa shape index (κ1) is 22.9. The number of hydrogen-bond acceptors (Lipinski definition) is 3. The van der Waals surface area contributed by atoms with Gasteiger partial charge in [-0.25, -0.2) is 12.1 Å². The van der Waals surface area contributed by atoms with Crippen LogP contribution in [0.15, 0.2) is 78.7 Å². The van der Waals surface area contributed by atoms with Gasteiger partial charge in [-0.15, -0.1) is 11.6 Å². The number of fused-ring (bicyclic) bond motifs is 1. The van der Waals surface area contributed by atoms with E-state index in [0.717, 1.165) is 58.9 Å². The van der Waals surface area contributed by atoms with Crippen molar-refractivity contribution in [3.05, 3.63) is 119 Å². The molecule has 1 heterocycles. The molecule has 4 rings (SSSR count). The molecule has 0 aromatic heterocycles. The number of hydrogen-bond donors (Lipinski definition) is 2. The first-order chi connectivity index (χ1) is 14.0. The molecule has 2 aromatic rings. The Morgan fingerprint density at radius 2 is 2.00 bits per heavy atom. The summed E-state index contributed by atoms with van der Waals surface area (Å²) < 4.78 is 0. The average Bonchev–Trinajstić information content (AvgIpc) is 2.77. The molecule has 2 aliphatic rings. The third kappa shape index (κ3) is 4.43. The summed E-state index contributed by atoms with van der Waals surface area (Å²) in [7, 11) is 0. The van der Waals surface area contributed by atoms with Crippen molar-refractivity contribution in [2.75, 3.05) is 6.54 Å². The molecule has 0 radical (unpaired) electrons. The molecule has 1 aliphatic heterocycles. The van der Waals surface area contributed by atoms with E-state index >= 15 is 0 Å². The van der Waals surface area contributed by atoms with E-state index in [9.17, 15) is 0 Å². The Hall–Kier alpha value is -1.82. The molecule has 3 N–H and O–H groups in total. The standard InChI is InChI=1S/C26H25N3.K/c1-5-20-7-6-8-23(13-20)19(4)28-15-21-9-10-22-11-12-29(16-24(22)14-21)26-18(3)17(2)25(26)27;/h1,5-6,8-10,13-14,28H,2-4,11-12,15-16,27H2;/q-2;+1. The van der Waals surface area contributed by atoms with Crippen molar-refractivity contribution in [1.29, 1.82) is 0 Å². The number of allylic oxidation sites excluding steroid dienone is 2. The summed E-state index contributed by atoms with van der Waals surface area (Å²) in [5.41, 5.74) is 16.5. The van der Waals surface area contributed by atoms with Gasteiger partial charge in [-0.2, -0.15) is 6.07 Å². The zero-order valence-electron chi connectivity index (χ0n) is 17.6. The van der Waals surface area contributed by atoms with Gasteiger partial charge >= 0.3 is 51.4 Å². The Morgan fingerprint density at radius 1 is 1.20 bits per heavy atom. The molecule has 3 nitrogen and oxygen atoms in total. The predicted octanol–water partition coefficient (Wildman–Crippen LogP) is 1.35. The van der Waals surface area contributed by atoms with E-state index < -0.39 is 0 Å². The van der Waals surface area contributed by atoms with Crippen molar-refractivity contribution in [3.8, 4) is 0 Å². The van der Waals surface area contributed by atoms with Crippen LogP contribution in [-0.2, 0) is 19.5 Å². The molecule has 0 atom stereocenters. The molecule has 0 saturated heterocycles. The van der Waals surface area contributed by atoms with E-state index in [4.69, 9.17) is 12.3 Å². The van der Waals surface area contributed by atoms with Crippen LogP contribution >= 0.6 is 0 Å². The SMILES string of the molecule is [CH-]=Cc1[c-]ccc(C(=C)NCc2ccc3c(c2)CN(C2=C(N)C(=C)C2=C)CC3)c1.[K+]. The Bertz CT molecular complexity index is 1080. The van der Waals surface area contributed by atoms with Crippen LogP contribution in [0.2, 0.25) is 0 Å². The quantitative estimate of drug-likeness (QED) is 0.550. The fourth-order valence-electron chi connectivity index (χ4n) is 3.90. The zero-order chi connectivity index (χ0) is 20.5. The van der Waals surface area contributed by atoms with Crippen LogP contribution in [0.1, 0.15) is 27.8 Å². The van der Waals surface area contributed by atoms with Gasteiger partial charge < -0.3 is 34.2 Å². The van der Waals surface area contributed by atoms with E-state index in [1.807, 2.05) is 18.2 Å². The molecule has 146 valence electrons. The van der Waals surface area contributed by atoms with Crippen molar-refractivity contribution in [3.63, 3.8) is 0 Å². The molecule has 0 bridgehead atoms. The summed E-state index contributed by atoms with van der Waals surface area (Å²) in [4.78, 5) is 2.32. The molecule has 30 heavy (non-hydrogen) atoms. The predicted molar refractivity (Wildman–Crippen MR) is 120 cm³/mol. The molecule has 0 unspecified atom stereocenters. The van der Waals surface area contributed by atoms with Crippen LogP contribution in [0, 0.1) is 12.6 Å². The summed E-state index contributed by atoms with van der Waals surface area (Å²) in [6.45, 7) is 20.3. The van der Waals surface area contributed by atoms with E-state index in [1.165, 1.54) is 16.7 Å². The molecular formula is C26H25KN3-. The Morgan fingerprint density at radius 3 is 2.73 bits per heavy atom. The van der Waals surface area contributed by atoms with Gasteiger partial charge in [0.1, 0.15) is 0 Å². The van der Waals surface area contributed by atoms with Gasteiger partial charge in [0.25, 0.3) is 0 Å². The third-order valence-corrected chi connectivity index (χ3v) is 5.69. The number of nitrogens with zero attached hydrogens (tertiary/aromatic N) is 1. The van der Waals surface area contributed by atoms with Crippen molar-refractivity contribution in [2.24, 2.45) is 5.73 Å². The molecular weight excluding hydrogens is 393 g/mol. The molecule has 0 spiro atoms. The average molecular weight is 419 g/mol. The maximum Gasteiger partial charge on any atom is 1.00 e. The monoisotopic (exact) mass is 418 g/mol. The van der Waals surface area contributed by atoms with Crippen LogP contribution in [0.25, 0.3) is 11.8 Å².